The summed E-state index contributed by atoms with van der Waals surface area (Å²) in [6.07, 6.45) is 0. The van der Waals surface area contributed by atoms with Crippen LogP contribution < -0.4 is 5.46 Å². The number of fused-ring (bicyclic) bond motifs is 5. The summed E-state index contributed by atoms with van der Waals surface area (Å²) in [4.78, 5) is 15.3. The zero-order chi connectivity index (χ0) is 34.8. The van der Waals surface area contributed by atoms with Crippen LogP contribution in [0.2, 0.25) is 0 Å². The molecule has 9 aromatic rings. The first-order chi connectivity index (χ1) is 25.6. The fourth-order valence-electron chi connectivity index (χ4n) is 8.26. The van der Waals surface area contributed by atoms with Crippen LogP contribution in [0, 0.1) is 6.92 Å². The maximum absolute atomic E-state index is 6.45. The van der Waals surface area contributed by atoms with Crippen LogP contribution in [-0.4, -0.2) is 27.4 Å². The monoisotopic (exact) mass is 662 g/mol. The van der Waals surface area contributed by atoms with Crippen molar-refractivity contribution in [3.8, 4) is 39.9 Å². The minimum Gasteiger partial charge on any atom is -0.309 e. The summed E-state index contributed by atoms with van der Waals surface area (Å²) >= 11 is 0. The zero-order valence-corrected chi connectivity index (χ0v) is 28.5. The van der Waals surface area contributed by atoms with E-state index in [0.29, 0.717) is 17.5 Å². The number of aromatic nitrogens is 4. The predicted octanol–water partition coefficient (Wildman–Crippen LogP) is 9.77. The molecule has 3 heterocycles. The lowest BCUT2D eigenvalue weighted by Crippen LogP contribution is -2.35. The van der Waals surface area contributed by atoms with Crippen LogP contribution in [0.5, 0.6) is 0 Å². The Morgan fingerprint density at radius 1 is 0.481 bits per heavy atom. The summed E-state index contributed by atoms with van der Waals surface area (Å²) in [7, 11) is 6.45. The van der Waals surface area contributed by atoms with Crippen LogP contribution >= 0.6 is 0 Å². The molecule has 4 nitrogen and oxygen atoms in total. The maximum atomic E-state index is 6.45. The van der Waals surface area contributed by atoms with Gasteiger partial charge in [0.15, 0.2) is 17.5 Å². The van der Waals surface area contributed by atoms with Crippen molar-refractivity contribution < 1.29 is 0 Å². The topological polar surface area (TPSA) is 43.6 Å². The maximum Gasteiger partial charge on any atom is 0.164 e. The molecule has 0 N–H and O–H groups in total. The van der Waals surface area contributed by atoms with Gasteiger partial charge < -0.3 is 4.57 Å². The summed E-state index contributed by atoms with van der Waals surface area (Å²) < 4.78 is 2.43. The molecule has 1 aliphatic heterocycles. The van der Waals surface area contributed by atoms with Crippen molar-refractivity contribution in [2.45, 2.75) is 12.3 Å². The lowest BCUT2D eigenvalue weighted by molar-refractivity contribution is 0.727. The van der Waals surface area contributed by atoms with E-state index in [0.717, 1.165) is 44.3 Å². The molecule has 2 radical (unpaired) electrons. The number of nitrogens with zero attached hydrogens (tertiary/aromatic N) is 4. The van der Waals surface area contributed by atoms with Crippen LogP contribution in [-0.2, 0) is 5.41 Å². The van der Waals surface area contributed by atoms with Gasteiger partial charge in [-0.15, -0.1) is 0 Å². The Hall–Kier alpha value is -6.59. The van der Waals surface area contributed by atoms with E-state index < -0.39 is 5.41 Å². The molecule has 242 valence electrons. The first kappa shape index (κ1) is 30.3. The van der Waals surface area contributed by atoms with Gasteiger partial charge in [0, 0.05) is 27.5 Å². The highest BCUT2D eigenvalue weighted by Gasteiger charge is 2.45. The quantitative estimate of drug-likeness (QED) is 0.172. The Balaban J connectivity index is 1.34. The van der Waals surface area contributed by atoms with E-state index in [9.17, 15) is 0 Å². The Kier molecular flexibility index (Phi) is 6.84. The van der Waals surface area contributed by atoms with Crippen molar-refractivity contribution >= 4 is 35.1 Å². The summed E-state index contributed by atoms with van der Waals surface area (Å²) in [6.45, 7) is 2.19. The van der Waals surface area contributed by atoms with Gasteiger partial charge >= 0.3 is 0 Å². The molecular formula is C47H31BN4. The highest BCUT2D eigenvalue weighted by Crippen LogP contribution is 2.55. The molecule has 0 unspecified atom stereocenters. The molecule has 0 spiro atoms. The highest BCUT2D eigenvalue weighted by molar-refractivity contribution is 6.34. The number of hydrogen-bond donors (Lipinski definition) is 0. The lowest BCUT2D eigenvalue weighted by atomic mass is 9.62. The number of hydrogen-bond acceptors (Lipinski definition) is 3. The second-order valence-electron chi connectivity index (χ2n) is 13.6. The Morgan fingerprint density at radius 2 is 1.02 bits per heavy atom. The van der Waals surface area contributed by atoms with E-state index in [-0.39, 0.29) is 0 Å². The van der Waals surface area contributed by atoms with Crippen LogP contribution in [0.4, 0.5) is 0 Å². The minimum atomic E-state index is -0.661. The first-order valence-electron chi connectivity index (χ1n) is 17.6. The summed E-state index contributed by atoms with van der Waals surface area (Å²) in [5.41, 5.74) is 12.3. The molecule has 52 heavy (non-hydrogen) atoms. The second kappa shape index (κ2) is 11.7. The van der Waals surface area contributed by atoms with Gasteiger partial charge in [-0.05, 0) is 59.5 Å². The van der Waals surface area contributed by atoms with Crippen molar-refractivity contribution in [2.75, 3.05) is 0 Å². The van der Waals surface area contributed by atoms with Crippen LogP contribution in [0.3, 0.4) is 0 Å². The molecule has 0 aliphatic carbocycles. The van der Waals surface area contributed by atoms with E-state index in [2.05, 4.69) is 115 Å². The van der Waals surface area contributed by atoms with E-state index in [4.69, 9.17) is 22.8 Å². The first-order valence-corrected chi connectivity index (χ1v) is 17.6. The fourth-order valence-corrected chi connectivity index (χ4v) is 8.26. The van der Waals surface area contributed by atoms with Gasteiger partial charge in [-0.25, -0.2) is 15.0 Å². The Labute approximate surface area is 303 Å². The van der Waals surface area contributed by atoms with Crippen molar-refractivity contribution in [2.24, 2.45) is 0 Å². The zero-order valence-electron chi connectivity index (χ0n) is 28.5. The van der Waals surface area contributed by atoms with Crippen LogP contribution in [0.15, 0.2) is 170 Å². The third-order valence-electron chi connectivity index (χ3n) is 10.4. The van der Waals surface area contributed by atoms with E-state index in [1.54, 1.807) is 0 Å². The molecule has 7 aromatic carbocycles. The van der Waals surface area contributed by atoms with Gasteiger partial charge in [0.1, 0.15) is 7.85 Å². The molecule has 0 atom stereocenters. The lowest BCUT2D eigenvalue weighted by Gasteiger charge is -2.42. The van der Waals surface area contributed by atoms with Gasteiger partial charge in [-0.2, -0.15) is 0 Å². The molecule has 0 fully saturated rings. The molecule has 10 rings (SSSR count). The third kappa shape index (κ3) is 4.52. The third-order valence-corrected chi connectivity index (χ3v) is 10.4. The molecule has 2 aromatic heterocycles. The van der Waals surface area contributed by atoms with Gasteiger partial charge in [0.2, 0.25) is 0 Å². The van der Waals surface area contributed by atoms with E-state index in [1.165, 1.54) is 33.2 Å². The van der Waals surface area contributed by atoms with E-state index in [1.807, 2.05) is 66.7 Å². The molecule has 0 saturated carbocycles. The Morgan fingerprint density at radius 3 is 1.60 bits per heavy atom. The van der Waals surface area contributed by atoms with Crippen LogP contribution in [0.25, 0.3) is 61.7 Å². The number of rotatable bonds is 5. The largest absolute Gasteiger partial charge is 0.309 e. The van der Waals surface area contributed by atoms with Crippen LogP contribution in [0.1, 0.15) is 27.8 Å². The fraction of sp³-hybridized carbons (Fsp3) is 0.0426. The number of benzene rings is 7. The molecule has 1 aliphatic rings. The normalized spacial score (nSPS) is 12.9. The summed E-state index contributed by atoms with van der Waals surface area (Å²) in [5, 5.41) is 2.34. The summed E-state index contributed by atoms with van der Waals surface area (Å²) in [6, 6.07) is 59.8. The van der Waals surface area contributed by atoms with E-state index >= 15 is 0 Å². The molecule has 5 heteroatoms. The molecule has 0 bridgehead atoms. The average Bonchev–Trinajstić information content (AvgIpc) is 3.52. The smallest absolute Gasteiger partial charge is 0.164 e. The van der Waals surface area contributed by atoms with Gasteiger partial charge in [0.25, 0.3) is 0 Å². The average molecular weight is 663 g/mol. The predicted molar refractivity (Wildman–Crippen MR) is 212 cm³/mol. The standard InChI is InChI=1S/C47H31BN4/c1-30-26-38-37-29-36(48)23-25-41(37)52-42-24-22-33(46-50-44(31-14-6-2-7-15-31)49-45(51-46)32-16-8-3-9-17-32)28-39(42)47(40(27-30)43(38)52,34-18-10-4-11-19-34)35-20-12-5-13-21-35/h2-29H,1H3. The molecular weight excluding hydrogens is 631 g/mol. The van der Waals surface area contributed by atoms with Crippen molar-refractivity contribution in [3.63, 3.8) is 0 Å². The van der Waals surface area contributed by atoms with Crippen molar-refractivity contribution in [3.05, 3.63) is 198 Å². The van der Waals surface area contributed by atoms with Crippen molar-refractivity contribution in [1.29, 1.82) is 0 Å². The number of aryl methyl sites for hydroxylation is 1. The SMILES string of the molecule is [B]c1ccc2c(c1)c1cc(C)cc3c1n2-c1ccc(-c2nc(-c4ccccc4)nc(-c4ccccc4)n2)cc1C3(c1ccccc1)c1ccccc1. The van der Waals surface area contributed by atoms with Gasteiger partial charge in [-0.3, -0.25) is 0 Å². The summed E-state index contributed by atoms with van der Waals surface area (Å²) in [5.74, 6) is 1.89. The van der Waals surface area contributed by atoms with Crippen molar-refractivity contribution in [1.82, 2.24) is 19.5 Å². The molecule has 0 amide bonds. The second-order valence-corrected chi connectivity index (χ2v) is 13.6. The molecule has 0 saturated heterocycles. The van der Waals surface area contributed by atoms with Gasteiger partial charge in [-0.1, -0.05) is 151 Å². The highest BCUT2D eigenvalue weighted by atomic mass is 15.0. The van der Waals surface area contributed by atoms with Gasteiger partial charge in [0.05, 0.1) is 22.1 Å². The minimum absolute atomic E-state index is 0.621. The Bertz CT molecular complexity index is 2700.